The van der Waals surface area contributed by atoms with Crippen LogP contribution >= 0.6 is 0 Å². The summed E-state index contributed by atoms with van der Waals surface area (Å²) < 4.78 is 2.06. The van der Waals surface area contributed by atoms with Gasteiger partial charge in [-0.2, -0.15) is 0 Å². The highest BCUT2D eigenvalue weighted by Gasteiger charge is 2.18. The van der Waals surface area contributed by atoms with Crippen molar-refractivity contribution in [3.8, 4) is 0 Å². The molecule has 0 spiro atoms. The van der Waals surface area contributed by atoms with Crippen molar-refractivity contribution >= 4 is 11.0 Å². The van der Waals surface area contributed by atoms with E-state index in [4.69, 9.17) is 0 Å². The number of aliphatic hydroxyl groups excluding tert-OH is 1. The molecular weight excluding hydrogens is 236 g/mol. The van der Waals surface area contributed by atoms with Gasteiger partial charge in [0.25, 0.3) is 0 Å². The van der Waals surface area contributed by atoms with Crippen LogP contribution in [0.4, 0.5) is 0 Å². The van der Waals surface area contributed by atoms with Gasteiger partial charge in [-0.3, -0.25) is 0 Å². The van der Waals surface area contributed by atoms with Crippen molar-refractivity contribution in [3.63, 3.8) is 0 Å². The molecule has 3 heteroatoms. The zero-order chi connectivity index (χ0) is 13.2. The molecule has 0 saturated carbocycles. The minimum atomic E-state index is -0.687. The van der Waals surface area contributed by atoms with Gasteiger partial charge in [0.1, 0.15) is 11.9 Å². The molecule has 2 aromatic carbocycles. The van der Waals surface area contributed by atoms with Crippen LogP contribution in [0, 0.1) is 0 Å². The normalized spacial score (nSPS) is 12.7. The minimum absolute atomic E-state index is 0.687. The molecule has 0 aliphatic rings. The van der Waals surface area contributed by atoms with Crippen LogP contribution < -0.4 is 0 Å². The molecule has 0 aliphatic heterocycles. The predicted octanol–water partition coefficient (Wildman–Crippen LogP) is 3.14. The molecule has 0 fully saturated rings. The summed E-state index contributed by atoms with van der Waals surface area (Å²) in [6.45, 7) is 2.86. The molecule has 1 N–H and O–H groups in total. The fraction of sp³-hybridized carbons (Fsp3) is 0.188. The van der Waals surface area contributed by atoms with E-state index >= 15 is 0 Å². The summed E-state index contributed by atoms with van der Waals surface area (Å²) in [6.07, 6.45) is -0.687. The van der Waals surface area contributed by atoms with Gasteiger partial charge < -0.3 is 9.67 Å². The Morgan fingerprint density at radius 2 is 1.74 bits per heavy atom. The van der Waals surface area contributed by atoms with E-state index in [1.165, 1.54) is 0 Å². The van der Waals surface area contributed by atoms with Crippen molar-refractivity contribution in [1.82, 2.24) is 9.55 Å². The zero-order valence-corrected chi connectivity index (χ0v) is 10.8. The van der Waals surface area contributed by atoms with E-state index in [9.17, 15) is 5.11 Å². The number of aromatic nitrogens is 2. The van der Waals surface area contributed by atoms with E-state index in [0.717, 1.165) is 23.1 Å². The minimum Gasteiger partial charge on any atom is -0.380 e. The fourth-order valence-corrected chi connectivity index (χ4v) is 2.42. The first-order valence-corrected chi connectivity index (χ1v) is 6.49. The van der Waals surface area contributed by atoms with Crippen LogP contribution in [0.3, 0.4) is 0 Å². The lowest BCUT2D eigenvalue weighted by Crippen LogP contribution is -2.09. The van der Waals surface area contributed by atoms with Crippen LogP contribution in [-0.2, 0) is 6.54 Å². The summed E-state index contributed by atoms with van der Waals surface area (Å²) >= 11 is 0. The number of aryl methyl sites for hydroxylation is 1. The van der Waals surface area contributed by atoms with Gasteiger partial charge in [-0.25, -0.2) is 4.98 Å². The summed E-state index contributed by atoms with van der Waals surface area (Å²) in [5, 5.41) is 10.5. The maximum atomic E-state index is 10.5. The third-order valence-corrected chi connectivity index (χ3v) is 3.36. The standard InChI is InChI=1S/C16H16N2O/c1-2-18-14-11-7-6-10-13(14)17-16(18)15(19)12-8-4-3-5-9-12/h3-11,15,19H,2H2,1H3/t15-/m1/s1. The molecule has 96 valence electrons. The number of nitrogens with zero attached hydrogens (tertiary/aromatic N) is 2. The van der Waals surface area contributed by atoms with Crippen LogP contribution in [0.25, 0.3) is 11.0 Å². The lowest BCUT2D eigenvalue weighted by atomic mass is 10.1. The molecule has 3 rings (SSSR count). The number of fused-ring (bicyclic) bond motifs is 1. The third kappa shape index (κ3) is 2.02. The number of imidazole rings is 1. The Labute approximate surface area is 112 Å². The molecule has 0 unspecified atom stereocenters. The Morgan fingerprint density at radius 3 is 2.47 bits per heavy atom. The predicted molar refractivity (Wildman–Crippen MR) is 75.9 cm³/mol. The summed E-state index contributed by atoms with van der Waals surface area (Å²) in [5.41, 5.74) is 2.86. The van der Waals surface area contributed by atoms with Crippen molar-refractivity contribution in [2.24, 2.45) is 0 Å². The Balaban J connectivity index is 2.14. The zero-order valence-electron chi connectivity index (χ0n) is 10.8. The van der Waals surface area contributed by atoms with Gasteiger partial charge in [-0.1, -0.05) is 42.5 Å². The topological polar surface area (TPSA) is 38.0 Å². The van der Waals surface area contributed by atoms with E-state index in [1.54, 1.807) is 0 Å². The number of hydrogen-bond donors (Lipinski definition) is 1. The first kappa shape index (κ1) is 11.9. The SMILES string of the molecule is CCn1c([C@H](O)c2ccccc2)nc2ccccc21. The maximum Gasteiger partial charge on any atom is 0.143 e. The lowest BCUT2D eigenvalue weighted by Gasteiger charge is -2.12. The molecule has 1 atom stereocenters. The second-order valence-corrected chi connectivity index (χ2v) is 4.52. The van der Waals surface area contributed by atoms with Crippen molar-refractivity contribution in [2.45, 2.75) is 19.6 Å². The van der Waals surface area contributed by atoms with E-state index in [-0.39, 0.29) is 0 Å². The highest BCUT2D eigenvalue weighted by molar-refractivity contribution is 5.76. The first-order chi connectivity index (χ1) is 9.31. The molecule has 0 bridgehead atoms. The van der Waals surface area contributed by atoms with Crippen molar-refractivity contribution < 1.29 is 5.11 Å². The second-order valence-electron chi connectivity index (χ2n) is 4.52. The molecular formula is C16H16N2O. The maximum absolute atomic E-state index is 10.5. The Hall–Kier alpha value is -2.13. The smallest absolute Gasteiger partial charge is 0.143 e. The molecule has 1 aromatic heterocycles. The highest BCUT2D eigenvalue weighted by Crippen LogP contribution is 2.25. The number of rotatable bonds is 3. The Kier molecular flexibility index (Phi) is 3.05. The lowest BCUT2D eigenvalue weighted by molar-refractivity contribution is 0.205. The van der Waals surface area contributed by atoms with E-state index in [0.29, 0.717) is 5.82 Å². The van der Waals surface area contributed by atoms with Gasteiger partial charge in [-0.15, -0.1) is 0 Å². The Morgan fingerprint density at radius 1 is 1.05 bits per heavy atom. The summed E-state index contributed by atoms with van der Waals surface area (Å²) in [5.74, 6) is 0.704. The van der Waals surface area contributed by atoms with Crippen LogP contribution in [0.2, 0.25) is 0 Å². The van der Waals surface area contributed by atoms with Gasteiger partial charge in [0.15, 0.2) is 0 Å². The average molecular weight is 252 g/mol. The highest BCUT2D eigenvalue weighted by atomic mass is 16.3. The van der Waals surface area contributed by atoms with Gasteiger partial charge >= 0.3 is 0 Å². The van der Waals surface area contributed by atoms with E-state index in [1.807, 2.05) is 54.6 Å². The van der Waals surface area contributed by atoms with Crippen LogP contribution in [-0.4, -0.2) is 14.7 Å². The van der Waals surface area contributed by atoms with E-state index < -0.39 is 6.10 Å². The molecule has 3 aromatic rings. The van der Waals surface area contributed by atoms with Gasteiger partial charge in [0.05, 0.1) is 11.0 Å². The van der Waals surface area contributed by atoms with Gasteiger partial charge in [-0.05, 0) is 24.6 Å². The van der Waals surface area contributed by atoms with E-state index in [2.05, 4.69) is 16.5 Å². The summed E-state index contributed by atoms with van der Waals surface area (Å²) in [6, 6.07) is 17.6. The number of aliphatic hydroxyl groups is 1. The second kappa shape index (κ2) is 4.86. The molecule has 19 heavy (non-hydrogen) atoms. The fourth-order valence-electron chi connectivity index (χ4n) is 2.42. The quantitative estimate of drug-likeness (QED) is 0.777. The number of benzene rings is 2. The monoisotopic (exact) mass is 252 g/mol. The summed E-state index contributed by atoms with van der Waals surface area (Å²) in [7, 11) is 0. The van der Waals surface area contributed by atoms with Crippen molar-refractivity contribution in [3.05, 3.63) is 66.0 Å². The number of para-hydroxylation sites is 2. The van der Waals surface area contributed by atoms with Crippen LogP contribution in [0.15, 0.2) is 54.6 Å². The molecule has 0 aliphatic carbocycles. The van der Waals surface area contributed by atoms with Crippen molar-refractivity contribution in [2.75, 3.05) is 0 Å². The Bertz CT molecular complexity index is 688. The third-order valence-electron chi connectivity index (χ3n) is 3.36. The first-order valence-electron chi connectivity index (χ1n) is 6.49. The molecule has 0 amide bonds. The van der Waals surface area contributed by atoms with Crippen LogP contribution in [0.1, 0.15) is 24.4 Å². The summed E-state index contributed by atoms with van der Waals surface area (Å²) in [4.78, 5) is 4.57. The number of hydrogen-bond acceptors (Lipinski definition) is 2. The van der Waals surface area contributed by atoms with Gasteiger partial charge in [0, 0.05) is 6.54 Å². The van der Waals surface area contributed by atoms with Crippen LogP contribution in [0.5, 0.6) is 0 Å². The van der Waals surface area contributed by atoms with Gasteiger partial charge in [0.2, 0.25) is 0 Å². The molecule has 0 saturated heterocycles. The average Bonchev–Trinajstić information content (AvgIpc) is 2.85. The molecule has 0 radical (unpaired) electrons. The molecule has 3 nitrogen and oxygen atoms in total. The molecule has 1 heterocycles. The largest absolute Gasteiger partial charge is 0.380 e. The van der Waals surface area contributed by atoms with Crippen molar-refractivity contribution in [1.29, 1.82) is 0 Å².